The van der Waals surface area contributed by atoms with Crippen LogP contribution in [0.15, 0.2) is 24.3 Å². The predicted molar refractivity (Wildman–Crippen MR) is 156 cm³/mol. The Balaban J connectivity index is 2.10. The number of nitrogens with zero attached hydrogens (tertiary/aromatic N) is 1. The third kappa shape index (κ3) is 7.17. The number of allylic oxidation sites excluding steroid dienone is 1. The van der Waals surface area contributed by atoms with Crippen LogP contribution in [0.1, 0.15) is 59.4 Å². The third-order valence-corrected chi connectivity index (χ3v) is 8.97. The molecule has 0 radical (unpaired) electrons. The van der Waals surface area contributed by atoms with E-state index in [1.807, 2.05) is 18.2 Å². The minimum atomic E-state index is -1.80. The third-order valence-electron chi connectivity index (χ3n) is 8.59. The normalized spacial score (nSPS) is 33.5. The van der Waals surface area contributed by atoms with Gasteiger partial charge in [-0.3, -0.25) is 10.1 Å². The molecule has 0 aromatic heterocycles. The number of aliphatic hydroxyl groups excluding tert-OH is 2. The molecule has 1 aromatic carbocycles. The highest BCUT2D eigenvalue weighted by molar-refractivity contribution is 6.35. The SMILES string of the molecule is COc1cc2cc(c1Cl)N(C)C(=O)CC(O)C(C)(C)C(O)C(C)C1CC(O)(NC(=O)O1)C(OC)/C=C/CC(C)(C)C2. The molecule has 1 aromatic rings. The molecule has 2 aliphatic heterocycles. The van der Waals surface area contributed by atoms with E-state index in [1.54, 1.807) is 33.9 Å². The second kappa shape index (κ2) is 12.5. The summed E-state index contributed by atoms with van der Waals surface area (Å²) in [5.41, 5.74) is -1.92. The molecule has 2 aliphatic rings. The number of anilines is 1. The van der Waals surface area contributed by atoms with Crippen molar-refractivity contribution >= 4 is 29.3 Å². The maximum atomic E-state index is 13.4. The molecule has 4 N–H and O–H groups in total. The number of methoxy groups -OCH3 is 2. The number of alkyl carbamates (subject to hydrolysis) is 1. The first-order valence-electron chi connectivity index (χ1n) is 13.9. The number of carbonyl (C=O) groups is 2. The summed E-state index contributed by atoms with van der Waals surface area (Å²) in [5.74, 6) is -0.689. The van der Waals surface area contributed by atoms with Gasteiger partial charge in [0.2, 0.25) is 5.91 Å². The van der Waals surface area contributed by atoms with Crippen molar-refractivity contribution in [1.82, 2.24) is 5.32 Å². The van der Waals surface area contributed by atoms with Gasteiger partial charge in [0.15, 0.2) is 5.72 Å². The molecule has 0 saturated carbocycles. The van der Waals surface area contributed by atoms with Crippen LogP contribution in [0.4, 0.5) is 10.5 Å². The molecular weight excluding hydrogens is 552 g/mol. The van der Waals surface area contributed by atoms with Gasteiger partial charge in [-0.15, -0.1) is 0 Å². The van der Waals surface area contributed by atoms with Crippen molar-refractivity contribution in [3.63, 3.8) is 0 Å². The molecule has 0 spiro atoms. The van der Waals surface area contributed by atoms with Crippen LogP contribution < -0.4 is 15.0 Å². The number of fused-ring (bicyclic) bond motifs is 4. The van der Waals surface area contributed by atoms with Crippen molar-refractivity contribution in [3.05, 3.63) is 34.9 Å². The van der Waals surface area contributed by atoms with Gasteiger partial charge in [-0.05, 0) is 36.0 Å². The molecule has 0 aliphatic carbocycles. The standard InChI is InChI=1S/C30H45ClN2O8/c1-17-21-16-30(38,32-27(37)41-21)23(40-8)10-9-11-28(2,3)15-18-12-19(25(31)20(13-18)39-7)33(6)24(35)14-22(34)29(4,5)26(17)36/h9-10,12-13,17,21-23,26,34,36,38H,11,14-16H2,1-8H3,(H,32,37)/b10-9+. The number of benzene rings is 1. The first kappa shape index (κ1) is 33.1. The molecule has 230 valence electrons. The first-order chi connectivity index (χ1) is 19.0. The van der Waals surface area contributed by atoms with E-state index >= 15 is 0 Å². The van der Waals surface area contributed by atoms with Crippen molar-refractivity contribution in [2.45, 2.75) is 90.4 Å². The highest BCUT2D eigenvalue weighted by Gasteiger charge is 2.50. The van der Waals surface area contributed by atoms with Crippen LogP contribution in [0.5, 0.6) is 5.75 Å². The van der Waals surface area contributed by atoms with Gasteiger partial charge in [-0.1, -0.05) is 58.4 Å². The maximum absolute atomic E-state index is 13.4. The Bertz CT molecular complexity index is 1160. The summed E-state index contributed by atoms with van der Waals surface area (Å²) in [6.45, 7) is 9.13. The minimum Gasteiger partial charge on any atom is -0.495 e. The number of hydrogen-bond donors (Lipinski definition) is 4. The lowest BCUT2D eigenvalue weighted by atomic mass is 9.72. The Morgan fingerprint density at radius 2 is 1.80 bits per heavy atom. The molecule has 3 rings (SSSR count). The molecule has 2 heterocycles. The van der Waals surface area contributed by atoms with Crippen LogP contribution in [0.25, 0.3) is 0 Å². The van der Waals surface area contributed by atoms with Crippen molar-refractivity contribution < 1.29 is 39.1 Å². The Labute approximate surface area is 247 Å². The van der Waals surface area contributed by atoms with Crippen LogP contribution in [0.3, 0.4) is 0 Å². The quantitative estimate of drug-likeness (QED) is 0.378. The summed E-state index contributed by atoms with van der Waals surface area (Å²) in [5, 5.41) is 36.9. The molecule has 11 heteroatoms. The molecule has 2 amide bonds. The average Bonchev–Trinajstić information content (AvgIpc) is 2.89. The summed E-state index contributed by atoms with van der Waals surface area (Å²) < 4.78 is 16.6. The number of carbonyl (C=O) groups excluding carboxylic acids is 2. The highest BCUT2D eigenvalue weighted by atomic mass is 35.5. The van der Waals surface area contributed by atoms with Crippen LogP contribution in [-0.4, -0.2) is 78.7 Å². The fraction of sp³-hybridized carbons (Fsp3) is 0.667. The number of hydrogen-bond acceptors (Lipinski definition) is 8. The van der Waals surface area contributed by atoms with Gasteiger partial charge in [0.25, 0.3) is 0 Å². The molecular formula is C30H45ClN2O8. The molecule has 6 unspecified atom stereocenters. The fourth-order valence-electron chi connectivity index (χ4n) is 5.70. The predicted octanol–water partition coefficient (Wildman–Crippen LogP) is 3.82. The van der Waals surface area contributed by atoms with E-state index in [0.29, 0.717) is 24.3 Å². The summed E-state index contributed by atoms with van der Waals surface area (Å²) in [4.78, 5) is 27.4. The zero-order chi connectivity index (χ0) is 30.9. The van der Waals surface area contributed by atoms with E-state index in [4.69, 9.17) is 25.8 Å². The van der Waals surface area contributed by atoms with Crippen molar-refractivity contribution in [3.8, 4) is 5.75 Å². The van der Waals surface area contributed by atoms with Crippen molar-refractivity contribution in [2.75, 3.05) is 26.2 Å². The Hall–Kier alpha value is -2.37. The van der Waals surface area contributed by atoms with Gasteiger partial charge in [0.05, 0.1) is 31.4 Å². The van der Waals surface area contributed by atoms with Crippen molar-refractivity contribution in [2.24, 2.45) is 16.7 Å². The molecule has 10 nitrogen and oxygen atoms in total. The summed E-state index contributed by atoms with van der Waals surface area (Å²) in [6, 6.07) is 3.68. The van der Waals surface area contributed by atoms with Gasteiger partial charge in [0, 0.05) is 31.9 Å². The fourth-order valence-corrected chi connectivity index (χ4v) is 6.02. The number of nitrogens with one attached hydrogen (secondary N) is 1. The smallest absolute Gasteiger partial charge is 0.409 e. The lowest BCUT2D eigenvalue weighted by Gasteiger charge is -2.45. The summed E-state index contributed by atoms with van der Waals surface area (Å²) >= 11 is 6.63. The second-order valence-corrected chi connectivity index (χ2v) is 13.1. The topological polar surface area (TPSA) is 138 Å². The van der Waals surface area contributed by atoms with Gasteiger partial charge in [-0.2, -0.15) is 0 Å². The zero-order valence-electron chi connectivity index (χ0n) is 25.2. The minimum absolute atomic E-state index is 0.0683. The number of aliphatic hydroxyl groups is 3. The summed E-state index contributed by atoms with van der Waals surface area (Å²) in [7, 11) is 4.54. The Morgan fingerprint density at radius 1 is 1.15 bits per heavy atom. The Morgan fingerprint density at radius 3 is 2.41 bits per heavy atom. The molecule has 41 heavy (non-hydrogen) atoms. The van der Waals surface area contributed by atoms with Crippen LogP contribution >= 0.6 is 11.6 Å². The first-order valence-corrected chi connectivity index (χ1v) is 14.2. The maximum Gasteiger partial charge on any atom is 0.409 e. The lowest BCUT2D eigenvalue weighted by molar-refractivity contribution is -0.160. The Kier molecular flexibility index (Phi) is 10.1. The number of ether oxygens (including phenoxy) is 3. The van der Waals surface area contributed by atoms with Crippen LogP contribution in [-0.2, 0) is 20.7 Å². The summed E-state index contributed by atoms with van der Waals surface area (Å²) in [6.07, 6.45) is -0.647. The molecule has 1 fully saturated rings. The second-order valence-electron chi connectivity index (χ2n) is 12.8. The zero-order valence-corrected chi connectivity index (χ0v) is 26.0. The van der Waals surface area contributed by atoms with Crippen LogP contribution in [0, 0.1) is 16.7 Å². The largest absolute Gasteiger partial charge is 0.495 e. The molecule has 1 saturated heterocycles. The van der Waals surface area contributed by atoms with E-state index in [-0.39, 0.29) is 23.3 Å². The molecule has 6 atom stereocenters. The molecule has 4 bridgehead atoms. The van der Waals surface area contributed by atoms with Crippen molar-refractivity contribution in [1.29, 1.82) is 0 Å². The van der Waals surface area contributed by atoms with E-state index in [2.05, 4.69) is 19.2 Å². The van der Waals surface area contributed by atoms with E-state index in [1.165, 1.54) is 19.1 Å². The average molecular weight is 597 g/mol. The van der Waals surface area contributed by atoms with Gasteiger partial charge in [0.1, 0.15) is 23.0 Å². The number of halogens is 1. The monoisotopic (exact) mass is 596 g/mol. The highest BCUT2D eigenvalue weighted by Crippen LogP contribution is 2.41. The number of amides is 2. The van der Waals surface area contributed by atoms with Crippen LogP contribution in [0.2, 0.25) is 5.02 Å². The number of rotatable bonds is 2. The van der Waals surface area contributed by atoms with E-state index < -0.39 is 53.5 Å². The lowest BCUT2D eigenvalue weighted by Crippen LogP contribution is -2.64. The van der Waals surface area contributed by atoms with Gasteiger partial charge >= 0.3 is 6.09 Å². The van der Waals surface area contributed by atoms with E-state index in [0.717, 1.165) is 5.56 Å². The van der Waals surface area contributed by atoms with Gasteiger partial charge < -0.3 is 34.4 Å². The van der Waals surface area contributed by atoms with Gasteiger partial charge in [-0.25, -0.2) is 4.79 Å². The van der Waals surface area contributed by atoms with E-state index in [9.17, 15) is 24.9 Å².